The van der Waals surface area contributed by atoms with Crippen molar-refractivity contribution in [3.8, 4) is 0 Å². The first-order valence-corrected chi connectivity index (χ1v) is 8.24. The van der Waals surface area contributed by atoms with Crippen LogP contribution in [0.25, 0.3) is 0 Å². The molecule has 20 heavy (non-hydrogen) atoms. The summed E-state index contributed by atoms with van der Waals surface area (Å²) < 4.78 is 11.1. The lowest BCUT2D eigenvalue weighted by atomic mass is 10.00. The van der Waals surface area contributed by atoms with Crippen molar-refractivity contribution >= 4 is 34.3 Å². The molecule has 0 radical (unpaired) electrons. The lowest BCUT2D eigenvalue weighted by molar-refractivity contribution is -0.132. The van der Waals surface area contributed by atoms with E-state index in [4.69, 9.17) is 21.4 Å². The molecule has 1 aromatic rings. The topological polar surface area (TPSA) is 42.7 Å². The van der Waals surface area contributed by atoms with Gasteiger partial charge in [0.15, 0.2) is 0 Å². The second kappa shape index (κ2) is 7.69. The van der Waals surface area contributed by atoms with Crippen molar-refractivity contribution < 1.29 is 13.9 Å². The lowest BCUT2D eigenvalue weighted by Gasteiger charge is -2.34. The molecule has 1 fully saturated rings. The van der Waals surface area contributed by atoms with Crippen molar-refractivity contribution in [2.75, 3.05) is 18.9 Å². The molecule has 1 atom stereocenters. The summed E-state index contributed by atoms with van der Waals surface area (Å²) in [6.45, 7) is 3.21. The molecule has 4 nitrogen and oxygen atoms in total. The van der Waals surface area contributed by atoms with Crippen LogP contribution >= 0.6 is 24.0 Å². The summed E-state index contributed by atoms with van der Waals surface area (Å²) in [5.74, 6) is 1.30. The van der Waals surface area contributed by atoms with E-state index in [9.17, 15) is 4.79 Å². The van der Waals surface area contributed by atoms with Gasteiger partial charge in [-0.05, 0) is 50.5 Å². The molecule has 1 saturated heterocycles. The molecule has 1 amide bonds. The zero-order valence-electron chi connectivity index (χ0n) is 11.5. The Bertz CT molecular complexity index is 447. The van der Waals surface area contributed by atoms with Crippen molar-refractivity contribution in [1.29, 1.82) is 0 Å². The molecule has 0 N–H and O–H groups in total. The van der Waals surface area contributed by atoms with Gasteiger partial charge < -0.3 is 14.1 Å². The van der Waals surface area contributed by atoms with Gasteiger partial charge in [-0.1, -0.05) is 11.8 Å². The minimum Gasteiger partial charge on any atom is -0.479 e. The molecule has 2 heterocycles. The third-order valence-corrected chi connectivity index (χ3v) is 4.49. The molecule has 2 rings (SSSR count). The van der Waals surface area contributed by atoms with E-state index in [0.29, 0.717) is 16.7 Å². The summed E-state index contributed by atoms with van der Waals surface area (Å²) in [6, 6.07) is 3.87. The zero-order valence-corrected chi connectivity index (χ0v) is 13.2. The van der Waals surface area contributed by atoms with E-state index in [1.165, 1.54) is 11.8 Å². The molecular formula is C14H19NO3S2. The highest BCUT2D eigenvalue weighted by Crippen LogP contribution is 2.31. The van der Waals surface area contributed by atoms with E-state index >= 15 is 0 Å². The molecule has 0 saturated carbocycles. The number of furan rings is 1. The first kappa shape index (κ1) is 15.4. The number of carbonyl (C=O) groups excluding carboxylic acids is 1. The van der Waals surface area contributed by atoms with E-state index in [-0.39, 0.29) is 11.9 Å². The number of hydrogen-bond donors (Lipinski definition) is 0. The van der Waals surface area contributed by atoms with Gasteiger partial charge in [-0.15, -0.1) is 0 Å². The average molecular weight is 313 g/mol. The number of amides is 1. The van der Waals surface area contributed by atoms with Gasteiger partial charge in [-0.2, -0.15) is 0 Å². The second-order valence-corrected chi connectivity index (χ2v) is 6.16. The van der Waals surface area contributed by atoms with Crippen LogP contribution in [0.15, 0.2) is 22.8 Å². The second-order valence-electron chi connectivity index (χ2n) is 4.59. The van der Waals surface area contributed by atoms with Gasteiger partial charge in [0, 0.05) is 6.54 Å². The van der Waals surface area contributed by atoms with Crippen molar-refractivity contribution in [3.63, 3.8) is 0 Å². The Kier molecular flexibility index (Phi) is 5.91. The summed E-state index contributed by atoms with van der Waals surface area (Å²) in [6.07, 6.45) is 4.79. The largest absolute Gasteiger partial charge is 0.479 e. The standard InChI is InChI=1S/C14H19NO3S2/c1-2-17-14(19)20-10-13(16)15-8-4-3-6-11(15)12-7-5-9-18-12/h5,7,9,11H,2-4,6,8,10H2,1H3. The van der Waals surface area contributed by atoms with Crippen LogP contribution in [0.3, 0.4) is 0 Å². The normalized spacial score (nSPS) is 18.9. The Morgan fingerprint density at radius 1 is 1.60 bits per heavy atom. The predicted octanol–water partition coefficient (Wildman–Crippen LogP) is 3.39. The van der Waals surface area contributed by atoms with Crippen molar-refractivity contribution in [2.24, 2.45) is 0 Å². The molecule has 1 unspecified atom stereocenters. The molecule has 0 aliphatic carbocycles. The number of hydrogen-bond acceptors (Lipinski definition) is 5. The Labute approximate surface area is 128 Å². The van der Waals surface area contributed by atoms with Gasteiger partial charge in [0.05, 0.1) is 24.7 Å². The van der Waals surface area contributed by atoms with E-state index in [1.807, 2.05) is 24.0 Å². The number of piperidine rings is 1. The molecule has 1 aliphatic rings. The summed E-state index contributed by atoms with van der Waals surface area (Å²) >= 11 is 6.32. The van der Waals surface area contributed by atoms with Crippen LogP contribution in [0.4, 0.5) is 0 Å². The number of rotatable bonds is 4. The van der Waals surface area contributed by atoms with Crippen molar-refractivity contribution in [3.05, 3.63) is 24.2 Å². The Balaban J connectivity index is 1.94. The highest BCUT2D eigenvalue weighted by Gasteiger charge is 2.29. The molecule has 0 aromatic carbocycles. The van der Waals surface area contributed by atoms with E-state index < -0.39 is 0 Å². The molecular weight excluding hydrogens is 294 g/mol. The van der Waals surface area contributed by atoms with E-state index in [1.54, 1.807) is 6.26 Å². The highest BCUT2D eigenvalue weighted by atomic mass is 32.2. The summed E-state index contributed by atoms with van der Waals surface area (Å²) in [5, 5.41) is 0. The number of thioether (sulfide) groups is 1. The van der Waals surface area contributed by atoms with Gasteiger partial charge in [-0.3, -0.25) is 4.79 Å². The number of thiocarbonyl (C=S) groups is 1. The Morgan fingerprint density at radius 2 is 2.45 bits per heavy atom. The first-order valence-electron chi connectivity index (χ1n) is 6.84. The number of likely N-dealkylation sites (tertiary alicyclic amines) is 1. The molecule has 1 aromatic heterocycles. The SMILES string of the molecule is CCOC(=S)SCC(=O)N1CCCCC1c1ccco1. The fourth-order valence-electron chi connectivity index (χ4n) is 2.37. The quantitative estimate of drug-likeness (QED) is 0.797. The predicted molar refractivity (Wildman–Crippen MR) is 83.7 cm³/mol. The molecule has 6 heteroatoms. The summed E-state index contributed by atoms with van der Waals surface area (Å²) in [5.41, 5.74) is 0. The number of ether oxygens (including phenoxy) is 1. The number of carbonyl (C=O) groups is 1. The molecule has 1 aliphatic heterocycles. The van der Waals surface area contributed by atoms with Gasteiger partial charge in [-0.25, -0.2) is 0 Å². The van der Waals surface area contributed by atoms with Crippen molar-refractivity contribution in [1.82, 2.24) is 4.90 Å². The third kappa shape index (κ3) is 3.99. The third-order valence-electron chi connectivity index (χ3n) is 3.27. The fraction of sp³-hybridized carbons (Fsp3) is 0.571. The maximum Gasteiger partial charge on any atom is 0.233 e. The zero-order chi connectivity index (χ0) is 14.4. The van der Waals surface area contributed by atoms with Crippen LogP contribution in [-0.4, -0.2) is 34.1 Å². The molecule has 110 valence electrons. The average Bonchev–Trinajstić information content (AvgIpc) is 2.99. The van der Waals surface area contributed by atoms with Crippen molar-refractivity contribution in [2.45, 2.75) is 32.2 Å². The van der Waals surface area contributed by atoms with Crippen LogP contribution < -0.4 is 0 Å². The fourth-order valence-corrected chi connectivity index (χ4v) is 3.27. The maximum atomic E-state index is 12.4. The summed E-state index contributed by atoms with van der Waals surface area (Å²) in [7, 11) is 0. The van der Waals surface area contributed by atoms with E-state index in [2.05, 4.69) is 0 Å². The minimum absolute atomic E-state index is 0.0625. The minimum atomic E-state index is 0.0625. The maximum absolute atomic E-state index is 12.4. The molecule has 0 bridgehead atoms. The first-order chi connectivity index (χ1) is 9.72. The monoisotopic (exact) mass is 313 g/mol. The Hall–Kier alpha value is -1.01. The van der Waals surface area contributed by atoms with Crippen LogP contribution in [-0.2, 0) is 9.53 Å². The summed E-state index contributed by atoms with van der Waals surface area (Å²) in [4.78, 5) is 14.3. The van der Waals surface area contributed by atoms with Gasteiger partial charge >= 0.3 is 0 Å². The van der Waals surface area contributed by atoms with Gasteiger partial charge in [0.25, 0.3) is 0 Å². The highest BCUT2D eigenvalue weighted by molar-refractivity contribution is 8.23. The molecule has 0 spiro atoms. The van der Waals surface area contributed by atoms with Crippen LogP contribution in [0.1, 0.15) is 38.0 Å². The van der Waals surface area contributed by atoms with Crippen LogP contribution in [0, 0.1) is 0 Å². The number of nitrogens with zero attached hydrogens (tertiary/aromatic N) is 1. The van der Waals surface area contributed by atoms with Gasteiger partial charge in [0.2, 0.25) is 10.3 Å². The lowest BCUT2D eigenvalue weighted by Crippen LogP contribution is -2.39. The van der Waals surface area contributed by atoms with Gasteiger partial charge in [0.1, 0.15) is 5.76 Å². The van der Waals surface area contributed by atoms with Crippen LogP contribution in [0.5, 0.6) is 0 Å². The smallest absolute Gasteiger partial charge is 0.233 e. The van der Waals surface area contributed by atoms with E-state index in [0.717, 1.165) is 31.6 Å². The van der Waals surface area contributed by atoms with Crippen LogP contribution in [0.2, 0.25) is 0 Å². The Morgan fingerprint density at radius 3 is 3.15 bits per heavy atom.